The maximum Gasteiger partial charge on any atom is 0.131 e. The van der Waals surface area contributed by atoms with Crippen LogP contribution in [0.15, 0.2) is 42.5 Å². The van der Waals surface area contributed by atoms with E-state index >= 15 is 0 Å². The summed E-state index contributed by atoms with van der Waals surface area (Å²) >= 11 is 0. The van der Waals surface area contributed by atoms with E-state index in [1.165, 1.54) is 16.8 Å². The number of fused-ring (bicyclic) bond motifs is 2. The zero-order valence-electron chi connectivity index (χ0n) is 15.6. The van der Waals surface area contributed by atoms with Crippen molar-refractivity contribution in [3.05, 3.63) is 59.2 Å². The molecule has 3 N–H and O–H groups in total. The standard InChI is InChI=1S/C22H28N2O2/c1-22(2)21(25)20(24-12-10-15-7-4-3-5-8-15)17-13-16-9-6-11-23-18(16)14-19(17)26-22/h3-5,7-8,13-14,20-21,23-25H,6,9-12H2,1-2H3. The minimum absolute atomic E-state index is 0.121. The number of aryl methyl sites for hydroxylation is 1. The third-order valence-electron chi connectivity index (χ3n) is 5.53. The fraction of sp³-hybridized carbons (Fsp3) is 0.455. The SMILES string of the molecule is CC1(C)Oc2cc3c(cc2C(NCCc2ccccc2)C1O)CCCN3. The van der Waals surface area contributed by atoms with Crippen molar-refractivity contribution in [1.82, 2.24) is 5.32 Å². The van der Waals surface area contributed by atoms with Crippen LogP contribution >= 0.6 is 0 Å². The fourth-order valence-corrected chi connectivity index (χ4v) is 4.00. The summed E-state index contributed by atoms with van der Waals surface area (Å²) in [6.07, 6.45) is 2.56. The molecule has 4 heteroatoms. The molecule has 2 unspecified atom stereocenters. The molecule has 0 fully saturated rings. The predicted octanol–water partition coefficient (Wildman–Crippen LogP) is 3.45. The van der Waals surface area contributed by atoms with Gasteiger partial charge in [0.15, 0.2) is 0 Å². The minimum atomic E-state index is -0.625. The predicted molar refractivity (Wildman–Crippen MR) is 105 cm³/mol. The Morgan fingerprint density at radius 1 is 1.23 bits per heavy atom. The number of aliphatic hydroxyl groups excluding tert-OH is 1. The van der Waals surface area contributed by atoms with Crippen molar-refractivity contribution in [3.8, 4) is 5.75 Å². The number of nitrogens with one attached hydrogen (secondary N) is 2. The molecule has 0 radical (unpaired) electrons. The van der Waals surface area contributed by atoms with Gasteiger partial charge in [-0.25, -0.2) is 0 Å². The lowest BCUT2D eigenvalue weighted by atomic mass is 9.84. The molecule has 4 nitrogen and oxygen atoms in total. The van der Waals surface area contributed by atoms with Crippen LogP contribution in [0.25, 0.3) is 0 Å². The van der Waals surface area contributed by atoms with Crippen molar-refractivity contribution in [2.24, 2.45) is 0 Å². The first-order valence-electron chi connectivity index (χ1n) is 9.60. The Morgan fingerprint density at radius 2 is 2.04 bits per heavy atom. The number of anilines is 1. The van der Waals surface area contributed by atoms with Crippen molar-refractivity contribution >= 4 is 5.69 Å². The summed E-state index contributed by atoms with van der Waals surface area (Å²) in [5.74, 6) is 0.880. The largest absolute Gasteiger partial charge is 0.485 e. The van der Waals surface area contributed by atoms with Gasteiger partial charge in [-0.3, -0.25) is 0 Å². The van der Waals surface area contributed by atoms with Crippen LogP contribution in [0.5, 0.6) is 5.75 Å². The normalized spacial score (nSPS) is 23.3. The van der Waals surface area contributed by atoms with Crippen molar-refractivity contribution in [2.75, 3.05) is 18.4 Å². The van der Waals surface area contributed by atoms with Crippen LogP contribution in [-0.2, 0) is 12.8 Å². The van der Waals surface area contributed by atoms with Crippen LogP contribution in [0, 0.1) is 0 Å². The molecule has 2 atom stereocenters. The van der Waals surface area contributed by atoms with Crippen LogP contribution in [0.2, 0.25) is 0 Å². The van der Waals surface area contributed by atoms with Gasteiger partial charge in [-0.2, -0.15) is 0 Å². The van der Waals surface area contributed by atoms with Crippen molar-refractivity contribution in [2.45, 2.75) is 50.9 Å². The third kappa shape index (κ3) is 3.31. The first kappa shape index (κ1) is 17.4. The topological polar surface area (TPSA) is 53.5 Å². The highest BCUT2D eigenvalue weighted by Gasteiger charge is 2.43. The zero-order valence-corrected chi connectivity index (χ0v) is 15.6. The van der Waals surface area contributed by atoms with E-state index < -0.39 is 11.7 Å². The molecule has 0 aromatic heterocycles. The highest BCUT2D eigenvalue weighted by atomic mass is 16.5. The number of benzene rings is 2. The zero-order chi connectivity index (χ0) is 18.1. The van der Waals surface area contributed by atoms with E-state index in [-0.39, 0.29) is 6.04 Å². The molecule has 138 valence electrons. The average Bonchev–Trinajstić information content (AvgIpc) is 2.64. The van der Waals surface area contributed by atoms with Crippen LogP contribution in [0.4, 0.5) is 5.69 Å². The van der Waals surface area contributed by atoms with Gasteiger partial charge in [0.1, 0.15) is 17.5 Å². The first-order chi connectivity index (χ1) is 12.5. The van der Waals surface area contributed by atoms with Gasteiger partial charge in [-0.05, 0) is 56.8 Å². The molecule has 4 rings (SSSR count). The number of aliphatic hydroxyl groups is 1. The summed E-state index contributed by atoms with van der Waals surface area (Å²) in [6.45, 7) is 5.74. The van der Waals surface area contributed by atoms with Gasteiger partial charge in [-0.15, -0.1) is 0 Å². The first-order valence-corrected chi connectivity index (χ1v) is 9.60. The highest BCUT2D eigenvalue weighted by Crippen LogP contribution is 2.43. The van der Waals surface area contributed by atoms with Gasteiger partial charge in [0, 0.05) is 23.9 Å². The maximum atomic E-state index is 10.9. The van der Waals surface area contributed by atoms with Crippen molar-refractivity contribution < 1.29 is 9.84 Å². The lowest BCUT2D eigenvalue weighted by Crippen LogP contribution is -2.52. The van der Waals surface area contributed by atoms with Crippen molar-refractivity contribution in [3.63, 3.8) is 0 Å². The molecular formula is C22H28N2O2. The molecule has 26 heavy (non-hydrogen) atoms. The molecular weight excluding hydrogens is 324 g/mol. The van der Waals surface area contributed by atoms with Crippen LogP contribution in [0.1, 0.15) is 43.0 Å². The second-order valence-corrected chi connectivity index (χ2v) is 7.90. The molecule has 0 bridgehead atoms. The van der Waals surface area contributed by atoms with Gasteiger partial charge >= 0.3 is 0 Å². The van der Waals surface area contributed by atoms with E-state index in [4.69, 9.17) is 4.74 Å². The van der Waals surface area contributed by atoms with Crippen LogP contribution in [-0.4, -0.2) is 29.9 Å². The van der Waals surface area contributed by atoms with Crippen LogP contribution in [0.3, 0.4) is 0 Å². The Morgan fingerprint density at radius 3 is 2.85 bits per heavy atom. The Bertz CT molecular complexity index is 773. The fourth-order valence-electron chi connectivity index (χ4n) is 4.00. The second kappa shape index (κ2) is 6.93. The Balaban J connectivity index is 1.58. The van der Waals surface area contributed by atoms with Gasteiger partial charge in [0.25, 0.3) is 0 Å². The van der Waals surface area contributed by atoms with Gasteiger partial charge in [-0.1, -0.05) is 30.3 Å². The maximum absolute atomic E-state index is 10.9. The molecule has 2 aromatic rings. The lowest BCUT2D eigenvalue weighted by Gasteiger charge is -2.43. The Hall–Kier alpha value is -2.04. The van der Waals surface area contributed by atoms with Crippen molar-refractivity contribution in [1.29, 1.82) is 0 Å². The quantitative estimate of drug-likeness (QED) is 0.789. The molecule has 0 amide bonds. The summed E-state index contributed by atoms with van der Waals surface area (Å²) in [5, 5.41) is 18.0. The Kier molecular flexibility index (Phi) is 4.63. The number of hydrogen-bond acceptors (Lipinski definition) is 4. The summed E-state index contributed by atoms with van der Waals surface area (Å²) in [5.41, 5.74) is 4.24. The number of rotatable bonds is 4. The minimum Gasteiger partial charge on any atom is -0.485 e. The van der Waals surface area contributed by atoms with E-state index in [9.17, 15) is 5.11 Å². The van der Waals surface area contributed by atoms with E-state index in [1.807, 2.05) is 19.9 Å². The second-order valence-electron chi connectivity index (χ2n) is 7.90. The molecule has 0 saturated carbocycles. The summed E-state index contributed by atoms with van der Waals surface area (Å²) in [4.78, 5) is 0. The smallest absolute Gasteiger partial charge is 0.131 e. The molecule has 0 aliphatic carbocycles. The number of hydrogen-bond donors (Lipinski definition) is 3. The molecule has 0 saturated heterocycles. The van der Waals surface area contributed by atoms with Gasteiger partial charge in [0.2, 0.25) is 0 Å². The molecule has 2 aliphatic heterocycles. The molecule has 2 aliphatic rings. The Labute approximate surface area is 155 Å². The summed E-state index contributed by atoms with van der Waals surface area (Å²) in [7, 11) is 0. The lowest BCUT2D eigenvalue weighted by molar-refractivity contribution is -0.0643. The molecule has 0 spiro atoms. The number of ether oxygens (including phenoxy) is 1. The van der Waals surface area contributed by atoms with E-state index in [0.29, 0.717) is 0 Å². The highest BCUT2D eigenvalue weighted by molar-refractivity contribution is 5.61. The van der Waals surface area contributed by atoms with E-state index in [2.05, 4.69) is 47.0 Å². The van der Waals surface area contributed by atoms with E-state index in [1.54, 1.807) is 0 Å². The monoisotopic (exact) mass is 352 g/mol. The third-order valence-corrected chi connectivity index (χ3v) is 5.53. The van der Waals surface area contributed by atoms with E-state index in [0.717, 1.165) is 43.7 Å². The summed E-state index contributed by atoms with van der Waals surface area (Å²) in [6, 6.07) is 14.7. The van der Waals surface area contributed by atoms with Gasteiger partial charge in [0.05, 0.1) is 6.04 Å². The summed E-state index contributed by atoms with van der Waals surface area (Å²) < 4.78 is 6.16. The van der Waals surface area contributed by atoms with Gasteiger partial charge < -0.3 is 20.5 Å². The molecule has 2 aromatic carbocycles. The van der Waals surface area contributed by atoms with Crippen LogP contribution < -0.4 is 15.4 Å². The molecule has 2 heterocycles. The average molecular weight is 352 g/mol.